The van der Waals surface area contributed by atoms with Gasteiger partial charge in [-0.2, -0.15) is 15.1 Å². The summed E-state index contributed by atoms with van der Waals surface area (Å²) in [7, 11) is 3.27. The summed E-state index contributed by atoms with van der Waals surface area (Å²) in [5, 5.41) is 9.46. The van der Waals surface area contributed by atoms with Crippen molar-refractivity contribution in [1.82, 2.24) is 25.1 Å². The lowest BCUT2D eigenvalue weighted by atomic mass is 10.4. The smallest absolute Gasteiger partial charge is 0.271 e. The molecule has 2 aromatic rings. The SMILES string of the molecule is CNC(=O)c1ccn(-c2cc(NC)nc(N)n2)n1. The molecular formula is C10H13N7O. The molecule has 94 valence electrons. The number of anilines is 2. The normalized spacial score (nSPS) is 10.1. The van der Waals surface area contributed by atoms with Crippen LogP contribution >= 0.6 is 0 Å². The maximum Gasteiger partial charge on any atom is 0.271 e. The van der Waals surface area contributed by atoms with Crippen molar-refractivity contribution in [3.8, 4) is 5.82 Å². The molecule has 0 radical (unpaired) electrons. The predicted octanol–water partition coefficient (Wildman–Crippen LogP) is -0.354. The van der Waals surface area contributed by atoms with Crippen LogP contribution in [0.5, 0.6) is 0 Å². The maximum atomic E-state index is 11.4. The van der Waals surface area contributed by atoms with Crippen LogP contribution in [0.15, 0.2) is 18.3 Å². The highest BCUT2D eigenvalue weighted by molar-refractivity contribution is 5.91. The molecule has 0 bridgehead atoms. The summed E-state index contributed by atoms with van der Waals surface area (Å²) >= 11 is 0. The van der Waals surface area contributed by atoms with Crippen LogP contribution in [-0.2, 0) is 0 Å². The van der Waals surface area contributed by atoms with Gasteiger partial charge in [-0.15, -0.1) is 0 Å². The van der Waals surface area contributed by atoms with E-state index in [1.54, 1.807) is 32.4 Å². The highest BCUT2D eigenvalue weighted by atomic mass is 16.1. The molecule has 4 N–H and O–H groups in total. The number of rotatable bonds is 3. The van der Waals surface area contributed by atoms with Gasteiger partial charge in [-0.1, -0.05) is 0 Å². The van der Waals surface area contributed by atoms with E-state index < -0.39 is 0 Å². The van der Waals surface area contributed by atoms with Crippen LogP contribution < -0.4 is 16.4 Å². The van der Waals surface area contributed by atoms with Crippen molar-refractivity contribution in [2.75, 3.05) is 25.1 Å². The third-order valence-electron chi connectivity index (χ3n) is 2.27. The molecule has 0 aliphatic heterocycles. The van der Waals surface area contributed by atoms with Gasteiger partial charge in [-0.05, 0) is 6.07 Å². The van der Waals surface area contributed by atoms with Crippen molar-refractivity contribution in [2.24, 2.45) is 0 Å². The van der Waals surface area contributed by atoms with E-state index in [4.69, 9.17) is 5.73 Å². The lowest BCUT2D eigenvalue weighted by Gasteiger charge is -2.04. The minimum absolute atomic E-state index is 0.133. The number of nitrogens with two attached hydrogens (primary N) is 1. The summed E-state index contributed by atoms with van der Waals surface area (Å²) in [6.45, 7) is 0. The van der Waals surface area contributed by atoms with Crippen molar-refractivity contribution in [2.45, 2.75) is 0 Å². The summed E-state index contributed by atoms with van der Waals surface area (Å²) in [4.78, 5) is 19.4. The third-order valence-corrected chi connectivity index (χ3v) is 2.27. The molecule has 0 spiro atoms. The number of hydrogen-bond donors (Lipinski definition) is 3. The number of nitrogen functional groups attached to an aromatic ring is 1. The molecule has 2 heterocycles. The molecular weight excluding hydrogens is 234 g/mol. The molecule has 0 aliphatic carbocycles. The van der Waals surface area contributed by atoms with Gasteiger partial charge in [-0.3, -0.25) is 4.79 Å². The van der Waals surface area contributed by atoms with Crippen molar-refractivity contribution in [1.29, 1.82) is 0 Å². The van der Waals surface area contributed by atoms with Crippen LogP contribution in [0, 0.1) is 0 Å². The molecule has 2 rings (SSSR count). The number of carbonyl (C=O) groups is 1. The molecule has 0 saturated carbocycles. The fraction of sp³-hybridized carbons (Fsp3) is 0.200. The Labute approximate surface area is 103 Å². The predicted molar refractivity (Wildman–Crippen MR) is 66.5 cm³/mol. The number of carbonyl (C=O) groups excluding carboxylic acids is 1. The Morgan fingerprint density at radius 1 is 1.39 bits per heavy atom. The molecule has 0 saturated heterocycles. The number of nitrogens with zero attached hydrogens (tertiary/aromatic N) is 4. The monoisotopic (exact) mass is 247 g/mol. The molecule has 0 aromatic carbocycles. The van der Waals surface area contributed by atoms with Gasteiger partial charge in [0.2, 0.25) is 5.95 Å². The molecule has 0 atom stereocenters. The minimum atomic E-state index is -0.260. The minimum Gasteiger partial charge on any atom is -0.373 e. The van der Waals surface area contributed by atoms with E-state index in [9.17, 15) is 4.79 Å². The number of hydrogen-bond acceptors (Lipinski definition) is 6. The van der Waals surface area contributed by atoms with Gasteiger partial charge in [0, 0.05) is 26.4 Å². The molecule has 0 aliphatic rings. The van der Waals surface area contributed by atoms with E-state index in [-0.39, 0.29) is 11.9 Å². The standard InChI is InChI=1S/C10H13N7O/c1-12-7-5-8(15-10(11)14-7)17-4-3-6(16-17)9(18)13-2/h3-5H,1-2H3,(H,13,18)(H3,11,12,14,15). The van der Waals surface area contributed by atoms with Crippen LogP contribution in [0.25, 0.3) is 5.82 Å². The molecule has 0 fully saturated rings. The van der Waals surface area contributed by atoms with Crippen LogP contribution in [0.4, 0.5) is 11.8 Å². The fourth-order valence-corrected chi connectivity index (χ4v) is 1.40. The topological polar surface area (TPSA) is 111 Å². The van der Waals surface area contributed by atoms with Gasteiger partial charge in [0.05, 0.1) is 0 Å². The van der Waals surface area contributed by atoms with Gasteiger partial charge in [0.15, 0.2) is 11.5 Å². The quantitative estimate of drug-likeness (QED) is 0.683. The van der Waals surface area contributed by atoms with Crippen molar-refractivity contribution in [3.05, 3.63) is 24.0 Å². The Morgan fingerprint density at radius 2 is 2.17 bits per heavy atom. The van der Waals surface area contributed by atoms with E-state index in [0.29, 0.717) is 17.3 Å². The Hall–Kier alpha value is -2.64. The first-order valence-electron chi connectivity index (χ1n) is 5.24. The second kappa shape index (κ2) is 4.70. The molecule has 2 aromatic heterocycles. The molecule has 1 amide bonds. The van der Waals surface area contributed by atoms with Crippen molar-refractivity contribution < 1.29 is 4.79 Å². The molecule has 0 unspecified atom stereocenters. The molecule has 8 heteroatoms. The lowest BCUT2D eigenvalue weighted by molar-refractivity contribution is 0.0957. The number of amides is 1. The Balaban J connectivity index is 2.39. The third kappa shape index (κ3) is 2.21. The van der Waals surface area contributed by atoms with Crippen molar-refractivity contribution in [3.63, 3.8) is 0 Å². The van der Waals surface area contributed by atoms with Crippen LogP contribution in [0.3, 0.4) is 0 Å². The first-order valence-corrected chi connectivity index (χ1v) is 5.24. The van der Waals surface area contributed by atoms with E-state index in [1.165, 1.54) is 4.68 Å². The fourth-order valence-electron chi connectivity index (χ4n) is 1.40. The summed E-state index contributed by atoms with van der Waals surface area (Å²) in [6.07, 6.45) is 1.63. The van der Waals surface area contributed by atoms with Gasteiger partial charge < -0.3 is 16.4 Å². The zero-order valence-electron chi connectivity index (χ0n) is 10.0. The first kappa shape index (κ1) is 11.8. The van der Waals surface area contributed by atoms with Crippen LogP contribution in [0.1, 0.15) is 10.5 Å². The number of aromatic nitrogens is 4. The zero-order valence-corrected chi connectivity index (χ0v) is 10.0. The van der Waals surface area contributed by atoms with Gasteiger partial charge in [0.1, 0.15) is 5.82 Å². The zero-order chi connectivity index (χ0) is 13.1. The van der Waals surface area contributed by atoms with Crippen LogP contribution in [0.2, 0.25) is 0 Å². The highest BCUT2D eigenvalue weighted by Crippen LogP contribution is 2.11. The second-order valence-corrected chi connectivity index (χ2v) is 3.44. The Morgan fingerprint density at radius 3 is 2.83 bits per heavy atom. The van der Waals surface area contributed by atoms with E-state index in [0.717, 1.165) is 0 Å². The highest BCUT2D eigenvalue weighted by Gasteiger charge is 2.09. The maximum absolute atomic E-state index is 11.4. The van der Waals surface area contributed by atoms with E-state index >= 15 is 0 Å². The second-order valence-electron chi connectivity index (χ2n) is 3.44. The molecule has 18 heavy (non-hydrogen) atoms. The summed E-state index contributed by atoms with van der Waals surface area (Å²) in [6, 6.07) is 3.27. The largest absolute Gasteiger partial charge is 0.373 e. The molecule has 8 nitrogen and oxygen atoms in total. The van der Waals surface area contributed by atoms with Crippen molar-refractivity contribution >= 4 is 17.7 Å². The van der Waals surface area contributed by atoms with Gasteiger partial charge >= 0.3 is 0 Å². The Bertz CT molecular complexity index is 577. The van der Waals surface area contributed by atoms with Gasteiger partial charge in [-0.25, -0.2) is 4.68 Å². The first-order chi connectivity index (χ1) is 8.63. The Kier molecular flexibility index (Phi) is 3.09. The summed E-state index contributed by atoms with van der Waals surface area (Å²) in [5.41, 5.74) is 5.89. The van der Waals surface area contributed by atoms with E-state index in [1.807, 2.05) is 0 Å². The lowest BCUT2D eigenvalue weighted by Crippen LogP contribution is -2.18. The van der Waals surface area contributed by atoms with Crippen LogP contribution in [-0.4, -0.2) is 39.8 Å². The summed E-state index contributed by atoms with van der Waals surface area (Å²) < 4.78 is 1.46. The summed E-state index contributed by atoms with van der Waals surface area (Å²) in [5.74, 6) is 0.940. The number of nitrogens with one attached hydrogen (secondary N) is 2. The average Bonchev–Trinajstić information content (AvgIpc) is 2.86. The van der Waals surface area contributed by atoms with Gasteiger partial charge in [0.25, 0.3) is 5.91 Å². The van der Waals surface area contributed by atoms with E-state index in [2.05, 4.69) is 25.7 Å². The average molecular weight is 247 g/mol.